The van der Waals surface area contributed by atoms with Crippen molar-refractivity contribution in [3.63, 3.8) is 0 Å². The highest BCUT2D eigenvalue weighted by Crippen LogP contribution is 2.29. The second-order valence-electron chi connectivity index (χ2n) is 6.36. The quantitative estimate of drug-likeness (QED) is 0.785. The molecule has 0 radical (unpaired) electrons. The number of hydrogen-bond acceptors (Lipinski definition) is 7. The van der Waals surface area contributed by atoms with Crippen LogP contribution in [0.3, 0.4) is 0 Å². The fourth-order valence-electron chi connectivity index (χ4n) is 2.58. The molecule has 0 atom stereocenters. The minimum absolute atomic E-state index is 0.0465. The van der Waals surface area contributed by atoms with Gasteiger partial charge >= 0.3 is 11.9 Å². The summed E-state index contributed by atoms with van der Waals surface area (Å²) < 4.78 is 15.0. The van der Waals surface area contributed by atoms with Gasteiger partial charge in [0.1, 0.15) is 12.4 Å². The van der Waals surface area contributed by atoms with Gasteiger partial charge in [-0.15, -0.1) is 0 Å². The van der Waals surface area contributed by atoms with Gasteiger partial charge in [0.05, 0.1) is 26.4 Å². The number of methoxy groups -OCH3 is 2. The molecule has 0 saturated heterocycles. The summed E-state index contributed by atoms with van der Waals surface area (Å²) in [6.45, 7) is 5.49. The zero-order valence-corrected chi connectivity index (χ0v) is 16.1. The first-order valence-electron chi connectivity index (χ1n) is 8.46. The van der Waals surface area contributed by atoms with Crippen LogP contribution < -0.4 is 10.2 Å². The average Bonchev–Trinajstić information content (AvgIpc) is 2.67. The van der Waals surface area contributed by atoms with Gasteiger partial charge in [-0.1, -0.05) is 13.8 Å². The van der Waals surface area contributed by atoms with Crippen LogP contribution in [0.1, 0.15) is 19.4 Å². The number of ether oxygens (including phenoxy) is 3. The van der Waals surface area contributed by atoms with Crippen LogP contribution in [0.4, 0.5) is 11.4 Å². The van der Waals surface area contributed by atoms with E-state index < -0.39 is 11.9 Å². The number of amides is 1. The second kappa shape index (κ2) is 8.68. The first-order chi connectivity index (χ1) is 12.8. The van der Waals surface area contributed by atoms with E-state index in [1.807, 2.05) is 20.8 Å². The van der Waals surface area contributed by atoms with Crippen molar-refractivity contribution in [2.75, 3.05) is 37.8 Å². The van der Waals surface area contributed by atoms with Crippen LogP contribution in [0.25, 0.3) is 0 Å². The standard InChI is InChI=1S/C19H24N2O6/c1-11(2)17(22)20-15-7-6-13(8-12(15)3)21-10-27-9-14(18(23)25-4)16(21)19(24)26-5/h6-8,11H,9-10H2,1-5H3,(H,20,22). The summed E-state index contributed by atoms with van der Waals surface area (Å²) in [4.78, 5) is 37.8. The minimum Gasteiger partial charge on any atom is -0.466 e. The first kappa shape index (κ1) is 20.4. The summed E-state index contributed by atoms with van der Waals surface area (Å²) >= 11 is 0. The van der Waals surface area contributed by atoms with E-state index in [-0.39, 0.29) is 36.4 Å². The normalized spacial score (nSPS) is 14.2. The van der Waals surface area contributed by atoms with Gasteiger partial charge in [0.15, 0.2) is 0 Å². The van der Waals surface area contributed by atoms with Crippen molar-refractivity contribution in [2.24, 2.45) is 5.92 Å². The Balaban J connectivity index is 2.43. The number of aryl methyl sites for hydroxylation is 1. The molecule has 1 aliphatic heterocycles. The predicted molar refractivity (Wildman–Crippen MR) is 99.0 cm³/mol. The molecule has 0 fully saturated rings. The number of rotatable bonds is 5. The van der Waals surface area contributed by atoms with E-state index in [1.54, 1.807) is 23.1 Å². The van der Waals surface area contributed by atoms with E-state index in [4.69, 9.17) is 14.2 Å². The lowest BCUT2D eigenvalue weighted by Crippen LogP contribution is -2.38. The van der Waals surface area contributed by atoms with Crippen LogP contribution in [0, 0.1) is 12.8 Å². The average molecular weight is 376 g/mol. The molecule has 1 aliphatic rings. The lowest BCUT2D eigenvalue weighted by atomic mass is 10.1. The maximum Gasteiger partial charge on any atom is 0.355 e. The molecular weight excluding hydrogens is 352 g/mol. The van der Waals surface area contributed by atoms with Gasteiger partial charge in [0.25, 0.3) is 0 Å². The molecule has 0 spiro atoms. The van der Waals surface area contributed by atoms with Crippen molar-refractivity contribution in [1.82, 2.24) is 0 Å². The highest BCUT2D eigenvalue weighted by molar-refractivity contribution is 6.03. The fraction of sp³-hybridized carbons (Fsp3) is 0.421. The third-order valence-electron chi connectivity index (χ3n) is 4.14. The molecule has 8 nitrogen and oxygen atoms in total. The molecular formula is C19H24N2O6. The lowest BCUT2D eigenvalue weighted by Gasteiger charge is -2.31. The molecule has 1 amide bonds. The number of benzene rings is 1. The van der Waals surface area contributed by atoms with Crippen molar-refractivity contribution in [2.45, 2.75) is 20.8 Å². The molecule has 0 aromatic heterocycles. The van der Waals surface area contributed by atoms with Crippen LogP contribution in [0.2, 0.25) is 0 Å². The molecule has 146 valence electrons. The lowest BCUT2D eigenvalue weighted by molar-refractivity contribution is -0.140. The van der Waals surface area contributed by atoms with Crippen LogP contribution in [0.15, 0.2) is 29.5 Å². The molecule has 0 aliphatic carbocycles. The molecule has 27 heavy (non-hydrogen) atoms. The van der Waals surface area contributed by atoms with Crippen LogP contribution in [0.5, 0.6) is 0 Å². The number of esters is 2. The Morgan fingerprint density at radius 3 is 2.37 bits per heavy atom. The highest BCUT2D eigenvalue weighted by Gasteiger charge is 2.32. The van der Waals surface area contributed by atoms with E-state index in [0.29, 0.717) is 11.4 Å². The predicted octanol–water partition coefficient (Wildman–Crippen LogP) is 1.98. The van der Waals surface area contributed by atoms with Gasteiger partial charge in [0, 0.05) is 17.3 Å². The number of anilines is 2. The number of nitrogens with one attached hydrogen (secondary N) is 1. The van der Waals surface area contributed by atoms with E-state index in [9.17, 15) is 14.4 Å². The number of carbonyl (C=O) groups excluding carboxylic acids is 3. The molecule has 0 bridgehead atoms. The van der Waals surface area contributed by atoms with Gasteiger partial charge < -0.3 is 24.4 Å². The van der Waals surface area contributed by atoms with Crippen molar-refractivity contribution in [1.29, 1.82) is 0 Å². The Hall–Kier alpha value is -2.87. The van der Waals surface area contributed by atoms with E-state index in [1.165, 1.54) is 14.2 Å². The number of carbonyl (C=O) groups is 3. The van der Waals surface area contributed by atoms with Crippen molar-refractivity contribution >= 4 is 29.2 Å². The highest BCUT2D eigenvalue weighted by atomic mass is 16.5. The summed E-state index contributed by atoms with van der Waals surface area (Å²) in [5.41, 5.74) is 2.26. The third kappa shape index (κ3) is 4.46. The minimum atomic E-state index is -0.659. The van der Waals surface area contributed by atoms with Crippen molar-refractivity contribution < 1.29 is 28.6 Å². The Morgan fingerprint density at radius 2 is 1.81 bits per heavy atom. The van der Waals surface area contributed by atoms with Gasteiger partial charge in [0.2, 0.25) is 5.91 Å². The van der Waals surface area contributed by atoms with E-state index in [0.717, 1.165) is 5.56 Å². The van der Waals surface area contributed by atoms with Gasteiger partial charge in [-0.05, 0) is 30.7 Å². The van der Waals surface area contributed by atoms with Crippen LogP contribution in [-0.2, 0) is 28.6 Å². The fourth-order valence-corrected chi connectivity index (χ4v) is 2.58. The molecule has 0 unspecified atom stereocenters. The maximum atomic E-state index is 12.3. The molecule has 1 aromatic carbocycles. The number of nitrogens with zero attached hydrogens (tertiary/aromatic N) is 1. The van der Waals surface area contributed by atoms with Crippen molar-refractivity contribution in [3.8, 4) is 0 Å². The Bertz CT molecular complexity index is 784. The monoisotopic (exact) mass is 376 g/mol. The summed E-state index contributed by atoms with van der Waals surface area (Å²) in [5.74, 6) is -1.54. The second-order valence-corrected chi connectivity index (χ2v) is 6.36. The molecule has 1 N–H and O–H groups in total. The van der Waals surface area contributed by atoms with Crippen LogP contribution in [-0.4, -0.2) is 45.4 Å². The Kier molecular flexibility index (Phi) is 6.57. The topological polar surface area (TPSA) is 94.2 Å². The third-order valence-corrected chi connectivity index (χ3v) is 4.14. The smallest absolute Gasteiger partial charge is 0.355 e. The summed E-state index contributed by atoms with van der Waals surface area (Å²) in [7, 11) is 2.48. The van der Waals surface area contributed by atoms with Crippen molar-refractivity contribution in [3.05, 3.63) is 35.0 Å². The van der Waals surface area contributed by atoms with E-state index in [2.05, 4.69) is 5.32 Å². The van der Waals surface area contributed by atoms with Gasteiger partial charge in [-0.25, -0.2) is 9.59 Å². The molecule has 8 heteroatoms. The maximum absolute atomic E-state index is 12.3. The van der Waals surface area contributed by atoms with Crippen LogP contribution >= 0.6 is 0 Å². The molecule has 2 rings (SSSR count). The Morgan fingerprint density at radius 1 is 1.15 bits per heavy atom. The summed E-state index contributed by atoms with van der Waals surface area (Å²) in [5, 5.41) is 2.85. The zero-order chi connectivity index (χ0) is 20.1. The molecule has 1 heterocycles. The van der Waals surface area contributed by atoms with E-state index >= 15 is 0 Å². The zero-order valence-electron chi connectivity index (χ0n) is 16.1. The summed E-state index contributed by atoms with van der Waals surface area (Å²) in [6.07, 6.45) is 0. The largest absolute Gasteiger partial charge is 0.466 e. The SMILES string of the molecule is COC(=O)C1=C(C(=O)OC)N(c2ccc(NC(=O)C(C)C)c(C)c2)COC1. The molecule has 1 aromatic rings. The van der Waals surface area contributed by atoms with Gasteiger partial charge in [-0.2, -0.15) is 0 Å². The molecule has 0 saturated carbocycles. The Labute approximate surface area is 158 Å². The summed E-state index contributed by atoms with van der Waals surface area (Å²) in [6, 6.07) is 5.27. The first-order valence-corrected chi connectivity index (χ1v) is 8.46. The number of hydrogen-bond donors (Lipinski definition) is 1. The van der Waals surface area contributed by atoms with Gasteiger partial charge in [-0.3, -0.25) is 4.79 Å².